The van der Waals surface area contributed by atoms with Gasteiger partial charge in [0.15, 0.2) is 0 Å². The third-order valence-corrected chi connectivity index (χ3v) is 4.65. The first kappa shape index (κ1) is 17.7. The third-order valence-electron chi connectivity index (χ3n) is 4.65. The number of nitrogens with zero attached hydrogens (tertiary/aromatic N) is 1. The Labute approximate surface area is 159 Å². The number of aromatic nitrogens is 1. The van der Waals surface area contributed by atoms with E-state index in [9.17, 15) is 14.0 Å². The first-order chi connectivity index (χ1) is 13.5. The van der Waals surface area contributed by atoms with Gasteiger partial charge in [0, 0.05) is 5.92 Å². The lowest BCUT2D eigenvalue weighted by Crippen LogP contribution is -2.19. The van der Waals surface area contributed by atoms with Gasteiger partial charge in [-0.2, -0.15) is 4.39 Å². The lowest BCUT2D eigenvalue weighted by Gasteiger charge is -2.14. The van der Waals surface area contributed by atoms with Gasteiger partial charge >= 0.3 is 12.1 Å². The highest BCUT2D eigenvalue weighted by molar-refractivity contribution is 5.89. The molecule has 4 rings (SSSR count). The van der Waals surface area contributed by atoms with Crippen molar-refractivity contribution in [3.63, 3.8) is 0 Å². The summed E-state index contributed by atoms with van der Waals surface area (Å²) in [4.78, 5) is 26.4. The number of carbonyl (C=O) groups is 2. The first-order valence-corrected chi connectivity index (χ1v) is 8.56. The first-order valence-electron chi connectivity index (χ1n) is 8.56. The molecule has 3 aromatic rings. The van der Waals surface area contributed by atoms with E-state index in [1.165, 1.54) is 6.07 Å². The normalized spacial score (nSPS) is 12.2. The van der Waals surface area contributed by atoms with E-state index in [0.29, 0.717) is 0 Å². The molecule has 2 N–H and O–H groups in total. The van der Waals surface area contributed by atoms with Crippen molar-refractivity contribution in [2.24, 2.45) is 0 Å². The van der Waals surface area contributed by atoms with Crippen LogP contribution in [0.15, 0.2) is 60.7 Å². The maximum atomic E-state index is 13.6. The number of ether oxygens (including phenoxy) is 1. The molecular weight excluding hydrogens is 363 g/mol. The summed E-state index contributed by atoms with van der Waals surface area (Å²) in [6.07, 6.45) is -0.795. The van der Waals surface area contributed by atoms with E-state index in [1.54, 1.807) is 0 Å². The molecule has 0 saturated heterocycles. The topological polar surface area (TPSA) is 88.5 Å². The molecule has 28 heavy (non-hydrogen) atoms. The van der Waals surface area contributed by atoms with Crippen molar-refractivity contribution in [2.45, 2.75) is 5.92 Å². The number of nitrogens with one attached hydrogen (secondary N) is 1. The zero-order valence-electron chi connectivity index (χ0n) is 14.6. The summed E-state index contributed by atoms with van der Waals surface area (Å²) in [6.45, 7) is 0.107. The molecule has 0 bridgehead atoms. The monoisotopic (exact) mass is 378 g/mol. The van der Waals surface area contributed by atoms with Crippen molar-refractivity contribution < 1.29 is 23.8 Å². The van der Waals surface area contributed by atoms with Crippen LogP contribution in [0.5, 0.6) is 0 Å². The minimum Gasteiger partial charge on any atom is -0.478 e. The van der Waals surface area contributed by atoms with E-state index < -0.39 is 23.6 Å². The minimum atomic E-state index is -1.43. The van der Waals surface area contributed by atoms with E-state index in [0.717, 1.165) is 28.3 Å². The van der Waals surface area contributed by atoms with E-state index in [-0.39, 0.29) is 18.3 Å². The highest BCUT2D eigenvalue weighted by atomic mass is 19.1. The van der Waals surface area contributed by atoms with Crippen LogP contribution in [-0.2, 0) is 4.74 Å². The summed E-state index contributed by atoms with van der Waals surface area (Å²) in [7, 11) is 0. The van der Waals surface area contributed by atoms with Crippen LogP contribution in [0, 0.1) is 5.95 Å². The predicted molar refractivity (Wildman–Crippen MR) is 99.8 cm³/mol. The van der Waals surface area contributed by atoms with Gasteiger partial charge in [-0.05, 0) is 34.4 Å². The number of carbonyl (C=O) groups excluding carboxylic acids is 1. The molecule has 0 saturated carbocycles. The fourth-order valence-corrected chi connectivity index (χ4v) is 3.40. The van der Waals surface area contributed by atoms with Crippen LogP contribution in [0.2, 0.25) is 0 Å². The number of amides is 1. The summed E-state index contributed by atoms with van der Waals surface area (Å²) < 4.78 is 19.0. The highest BCUT2D eigenvalue weighted by Gasteiger charge is 2.29. The van der Waals surface area contributed by atoms with Gasteiger partial charge in [0.25, 0.3) is 0 Å². The van der Waals surface area contributed by atoms with Crippen LogP contribution in [-0.4, -0.2) is 28.8 Å². The van der Waals surface area contributed by atoms with Gasteiger partial charge in [0.2, 0.25) is 5.95 Å². The van der Waals surface area contributed by atoms with Gasteiger partial charge in [-0.1, -0.05) is 48.5 Å². The average molecular weight is 378 g/mol. The van der Waals surface area contributed by atoms with Gasteiger partial charge in [-0.25, -0.2) is 14.6 Å². The van der Waals surface area contributed by atoms with E-state index >= 15 is 0 Å². The van der Waals surface area contributed by atoms with Crippen molar-refractivity contribution in [2.75, 3.05) is 11.9 Å². The zero-order valence-corrected chi connectivity index (χ0v) is 14.6. The number of carboxylic acids is 1. The number of rotatable bonds is 4. The molecular formula is C21H15FN2O4. The van der Waals surface area contributed by atoms with Crippen molar-refractivity contribution in [1.82, 2.24) is 4.98 Å². The maximum Gasteiger partial charge on any atom is 0.412 e. The fraction of sp³-hybridized carbons (Fsp3) is 0.0952. The number of anilines is 1. The molecule has 140 valence electrons. The SMILES string of the molecule is O=C(Nc1ccc(C(=O)O)c(F)n1)OCC1c2ccccc2-c2ccccc21. The molecule has 1 aliphatic rings. The molecule has 0 unspecified atom stereocenters. The Morgan fingerprint density at radius 1 is 1.00 bits per heavy atom. The summed E-state index contributed by atoms with van der Waals surface area (Å²) in [5.74, 6) is -2.83. The number of benzene rings is 2. The second-order valence-electron chi connectivity index (χ2n) is 6.29. The zero-order chi connectivity index (χ0) is 19.7. The number of halogens is 1. The molecule has 2 aromatic carbocycles. The van der Waals surface area contributed by atoms with Crippen molar-refractivity contribution in [3.05, 3.63) is 83.3 Å². The number of pyridine rings is 1. The van der Waals surface area contributed by atoms with E-state index in [4.69, 9.17) is 9.84 Å². The van der Waals surface area contributed by atoms with Crippen LogP contribution in [0.1, 0.15) is 27.4 Å². The van der Waals surface area contributed by atoms with Crippen molar-refractivity contribution >= 4 is 17.9 Å². The summed E-state index contributed by atoms with van der Waals surface area (Å²) in [6, 6.07) is 18.1. The predicted octanol–water partition coefficient (Wildman–Crippen LogP) is 4.28. The quantitative estimate of drug-likeness (QED) is 0.662. The lowest BCUT2D eigenvalue weighted by molar-refractivity contribution is 0.0691. The van der Waals surface area contributed by atoms with Gasteiger partial charge < -0.3 is 9.84 Å². The smallest absolute Gasteiger partial charge is 0.412 e. The number of hydrogen-bond donors (Lipinski definition) is 2. The van der Waals surface area contributed by atoms with Gasteiger partial charge in [0.1, 0.15) is 18.0 Å². The second-order valence-corrected chi connectivity index (χ2v) is 6.29. The van der Waals surface area contributed by atoms with Crippen LogP contribution in [0.4, 0.5) is 15.0 Å². The Bertz CT molecular complexity index is 1040. The molecule has 1 aromatic heterocycles. The third kappa shape index (κ3) is 3.18. The summed E-state index contributed by atoms with van der Waals surface area (Å²) >= 11 is 0. The Balaban J connectivity index is 1.47. The molecule has 7 heteroatoms. The number of hydrogen-bond acceptors (Lipinski definition) is 4. The van der Waals surface area contributed by atoms with E-state index in [2.05, 4.69) is 10.3 Å². The van der Waals surface area contributed by atoms with Gasteiger partial charge in [-0.3, -0.25) is 5.32 Å². The second kappa shape index (κ2) is 7.11. The van der Waals surface area contributed by atoms with E-state index in [1.807, 2.05) is 48.5 Å². The maximum absolute atomic E-state index is 13.6. The molecule has 0 atom stereocenters. The average Bonchev–Trinajstić information content (AvgIpc) is 3.00. The molecule has 0 fully saturated rings. The fourth-order valence-electron chi connectivity index (χ4n) is 3.40. The Morgan fingerprint density at radius 2 is 1.61 bits per heavy atom. The summed E-state index contributed by atoms with van der Waals surface area (Å²) in [5.41, 5.74) is 3.80. The summed E-state index contributed by atoms with van der Waals surface area (Å²) in [5, 5.41) is 11.1. The van der Waals surface area contributed by atoms with Crippen molar-refractivity contribution in [3.8, 4) is 11.1 Å². The molecule has 0 radical (unpaired) electrons. The molecule has 1 heterocycles. The molecule has 0 aliphatic heterocycles. The molecule has 6 nitrogen and oxygen atoms in total. The number of carboxylic acid groups (broad SMARTS) is 1. The lowest BCUT2D eigenvalue weighted by atomic mass is 9.98. The standard InChI is InChI=1S/C21H15FN2O4/c22-19-16(20(25)26)9-10-18(23-19)24-21(27)28-11-17-14-7-3-1-5-12(14)13-6-2-4-8-15(13)17/h1-10,17H,11H2,(H,25,26)(H,23,24,27). The molecule has 0 spiro atoms. The Hall–Kier alpha value is -3.74. The van der Waals surface area contributed by atoms with Crippen LogP contribution >= 0.6 is 0 Å². The Morgan fingerprint density at radius 3 is 2.18 bits per heavy atom. The van der Waals surface area contributed by atoms with Crippen LogP contribution in [0.3, 0.4) is 0 Å². The van der Waals surface area contributed by atoms with Crippen LogP contribution in [0.25, 0.3) is 11.1 Å². The molecule has 1 aliphatic carbocycles. The largest absolute Gasteiger partial charge is 0.478 e. The van der Waals surface area contributed by atoms with Crippen molar-refractivity contribution in [1.29, 1.82) is 0 Å². The Kier molecular flexibility index (Phi) is 4.49. The van der Waals surface area contributed by atoms with Gasteiger partial charge in [0.05, 0.1) is 0 Å². The minimum absolute atomic E-state index is 0.0998. The number of fused-ring (bicyclic) bond motifs is 3. The highest BCUT2D eigenvalue weighted by Crippen LogP contribution is 2.44. The van der Waals surface area contributed by atoms with Gasteiger partial charge in [-0.15, -0.1) is 0 Å². The van der Waals surface area contributed by atoms with Crippen LogP contribution < -0.4 is 5.32 Å². The molecule has 1 amide bonds. The number of aromatic carboxylic acids is 1.